The van der Waals surface area contributed by atoms with E-state index in [1.165, 1.54) is 12.1 Å². The molecule has 1 saturated carbocycles. The number of halogens is 3. The lowest BCUT2D eigenvalue weighted by molar-refractivity contribution is -0.274. The lowest BCUT2D eigenvalue weighted by atomic mass is 9.70. The number of carboxylic acids is 1. The fourth-order valence-electron chi connectivity index (χ4n) is 5.74. The van der Waals surface area contributed by atoms with Gasteiger partial charge in [-0.3, -0.25) is 0 Å². The van der Waals surface area contributed by atoms with Crippen LogP contribution in [0, 0.1) is 11.3 Å². The third-order valence-corrected chi connectivity index (χ3v) is 7.03. The molecular formula is C27H31F3N2O3. The van der Waals surface area contributed by atoms with Gasteiger partial charge in [-0.05, 0) is 80.3 Å². The SMILES string of the molecule is C[C@H]1C[C@@H](n2c(C(C)(C)c3ccc(OC(F)(F)F)cc3)nc3cc(C(=O)O)ccc32)CC(C)(C)C1. The Labute approximate surface area is 202 Å². The zero-order valence-electron chi connectivity index (χ0n) is 20.6. The highest BCUT2D eigenvalue weighted by Gasteiger charge is 2.38. The molecule has 0 amide bonds. The van der Waals surface area contributed by atoms with Crippen molar-refractivity contribution in [2.24, 2.45) is 11.3 Å². The van der Waals surface area contributed by atoms with Crippen molar-refractivity contribution in [3.63, 3.8) is 0 Å². The van der Waals surface area contributed by atoms with Gasteiger partial charge < -0.3 is 14.4 Å². The second-order valence-corrected chi connectivity index (χ2v) is 11.1. The molecular weight excluding hydrogens is 457 g/mol. The Morgan fingerprint density at radius 2 is 1.77 bits per heavy atom. The van der Waals surface area contributed by atoms with Gasteiger partial charge in [0, 0.05) is 11.5 Å². The van der Waals surface area contributed by atoms with Gasteiger partial charge in [0.2, 0.25) is 0 Å². The van der Waals surface area contributed by atoms with Crippen molar-refractivity contribution >= 4 is 17.0 Å². The van der Waals surface area contributed by atoms with Crippen LogP contribution in [0.25, 0.3) is 11.0 Å². The molecule has 1 aliphatic rings. The Morgan fingerprint density at radius 3 is 2.34 bits per heavy atom. The lowest BCUT2D eigenvalue weighted by Gasteiger charge is -2.41. The smallest absolute Gasteiger partial charge is 0.478 e. The second kappa shape index (κ2) is 8.57. The molecule has 1 heterocycles. The summed E-state index contributed by atoms with van der Waals surface area (Å²) in [6.45, 7) is 10.8. The van der Waals surface area contributed by atoms with Crippen LogP contribution in [0.5, 0.6) is 5.75 Å². The summed E-state index contributed by atoms with van der Waals surface area (Å²) in [4.78, 5) is 16.5. The van der Waals surface area contributed by atoms with Gasteiger partial charge in [0.1, 0.15) is 11.6 Å². The normalized spacial score (nSPS) is 20.7. The first-order chi connectivity index (χ1) is 16.2. The van der Waals surface area contributed by atoms with E-state index in [9.17, 15) is 23.1 Å². The number of carboxylic acid groups (broad SMARTS) is 1. The highest BCUT2D eigenvalue weighted by Crippen LogP contribution is 2.47. The molecule has 1 aliphatic carbocycles. The van der Waals surface area contributed by atoms with Crippen LogP contribution in [-0.2, 0) is 5.41 Å². The lowest BCUT2D eigenvalue weighted by Crippen LogP contribution is -2.33. The predicted octanol–water partition coefficient (Wildman–Crippen LogP) is 7.35. The molecule has 0 aliphatic heterocycles. The number of aromatic carboxylic acids is 1. The molecule has 1 fully saturated rings. The van der Waals surface area contributed by atoms with E-state index < -0.39 is 17.7 Å². The van der Waals surface area contributed by atoms with E-state index in [0.29, 0.717) is 11.4 Å². The number of fused-ring (bicyclic) bond motifs is 1. The Bertz CT molecular complexity index is 1240. The fraction of sp³-hybridized carbons (Fsp3) is 0.481. The molecule has 0 unspecified atom stereocenters. The van der Waals surface area contributed by atoms with Crippen LogP contribution in [0.15, 0.2) is 42.5 Å². The fourth-order valence-corrected chi connectivity index (χ4v) is 5.74. The highest BCUT2D eigenvalue weighted by atomic mass is 19.4. The first-order valence-electron chi connectivity index (χ1n) is 11.8. The van der Waals surface area contributed by atoms with Gasteiger partial charge in [0.25, 0.3) is 0 Å². The summed E-state index contributed by atoms with van der Waals surface area (Å²) in [6, 6.07) is 11.0. The van der Waals surface area contributed by atoms with Crippen molar-refractivity contribution in [1.29, 1.82) is 0 Å². The van der Waals surface area contributed by atoms with Crippen molar-refractivity contribution in [2.45, 2.75) is 71.7 Å². The number of imidazole rings is 1. The summed E-state index contributed by atoms with van der Waals surface area (Å²) in [6.07, 6.45) is -1.71. The third-order valence-electron chi connectivity index (χ3n) is 7.03. The number of aromatic nitrogens is 2. The van der Waals surface area contributed by atoms with Crippen molar-refractivity contribution in [2.75, 3.05) is 0 Å². The Balaban J connectivity index is 1.85. The summed E-state index contributed by atoms with van der Waals surface area (Å²) in [7, 11) is 0. The number of ether oxygens (including phenoxy) is 1. The van der Waals surface area contributed by atoms with Gasteiger partial charge in [0.15, 0.2) is 0 Å². The number of nitrogens with zero attached hydrogens (tertiary/aromatic N) is 2. The number of hydrogen-bond acceptors (Lipinski definition) is 3. The number of carbonyl (C=O) groups is 1. The van der Waals surface area contributed by atoms with E-state index in [-0.39, 0.29) is 22.8 Å². The molecule has 35 heavy (non-hydrogen) atoms. The zero-order valence-corrected chi connectivity index (χ0v) is 20.6. The maximum atomic E-state index is 12.6. The summed E-state index contributed by atoms with van der Waals surface area (Å²) in [5.41, 5.74) is 1.88. The topological polar surface area (TPSA) is 64.4 Å². The van der Waals surface area contributed by atoms with E-state index in [1.54, 1.807) is 24.3 Å². The Kier molecular flexibility index (Phi) is 6.14. The van der Waals surface area contributed by atoms with Crippen LogP contribution in [0.1, 0.15) is 81.7 Å². The molecule has 4 rings (SSSR count). The summed E-state index contributed by atoms with van der Waals surface area (Å²) >= 11 is 0. The van der Waals surface area contributed by atoms with Crippen molar-refractivity contribution in [3.05, 3.63) is 59.4 Å². The predicted molar refractivity (Wildman–Crippen MR) is 128 cm³/mol. The molecule has 188 valence electrons. The van der Waals surface area contributed by atoms with E-state index in [0.717, 1.165) is 36.2 Å². The molecule has 0 bridgehead atoms. The van der Waals surface area contributed by atoms with Gasteiger partial charge >= 0.3 is 12.3 Å². The molecule has 0 radical (unpaired) electrons. The largest absolute Gasteiger partial charge is 0.573 e. The number of rotatable bonds is 5. The van der Waals surface area contributed by atoms with Crippen LogP contribution < -0.4 is 4.74 Å². The Morgan fingerprint density at radius 1 is 1.11 bits per heavy atom. The quantitative estimate of drug-likeness (QED) is 0.408. The molecule has 2 aromatic carbocycles. The molecule has 0 spiro atoms. The van der Waals surface area contributed by atoms with E-state index in [4.69, 9.17) is 4.98 Å². The van der Waals surface area contributed by atoms with Gasteiger partial charge in [0.05, 0.1) is 16.6 Å². The van der Waals surface area contributed by atoms with Crippen LogP contribution in [-0.4, -0.2) is 27.0 Å². The van der Waals surface area contributed by atoms with Crippen LogP contribution in [0.2, 0.25) is 0 Å². The highest BCUT2D eigenvalue weighted by molar-refractivity contribution is 5.92. The maximum absolute atomic E-state index is 12.6. The average Bonchev–Trinajstić information content (AvgIpc) is 3.11. The minimum atomic E-state index is -4.75. The van der Waals surface area contributed by atoms with Gasteiger partial charge in [-0.1, -0.05) is 32.9 Å². The van der Waals surface area contributed by atoms with E-state index in [2.05, 4.69) is 30.1 Å². The summed E-state index contributed by atoms with van der Waals surface area (Å²) in [5.74, 6) is -0.0295. The van der Waals surface area contributed by atoms with Crippen molar-refractivity contribution in [3.8, 4) is 5.75 Å². The van der Waals surface area contributed by atoms with Crippen molar-refractivity contribution in [1.82, 2.24) is 9.55 Å². The first kappa shape index (κ1) is 25.1. The van der Waals surface area contributed by atoms with Crippen LogP contribution >= 0.6 is 0 Å². The van der Waals surface area contributed by atoms with E-state index in [1.807, 2.05) is 19.9 Å². The summed E-state index contributed by atoms with van der Waals surface area (Å²) in [5, 5.41) is 9.49. The maximum Gasteiger partial charge on any atom is 0.573 e. The van der Waals surface area contributed by atoms with Gasteiger partial charge in [-0.25, -0.2) is 9.78 Å². The minimum absolute atomic E-state index is 0.137. The van der Waals surface area contributed by atoms with Crippen LogP contribution in [0.3, 0.4) is 0 Å². The van der Waals surface area contributed by atoms with Gasteiger partial charge in [-0.15, -0.1) is 13.2 Å². The standard InChI is InChI=1S/C27H31F3N2O3/c1-16-12-19(15-25(2,3)14-16)32-22-11-6-17(23(33)34)13-21(22)31-24(32)26(4,5)18-7-9-20(10-8-18)35-27(28,29)30/h6-11,13,16,19H,12,14-15H2,1-5H3,(H,33,34)/t16-,19+/m0/s1. The molecule has 2 atom stereocenters. The number of benzene rings is 2. The monoisotopic (exact) mass is 488 g/mol. The zero-order chi connectivity index (χ0) is 25.8. The van der Waals surface area contributed by atoms with Crippen molar-refractivity contribution < 1.29 is 27.8 Å². The van der Waals surface area contributed by atoms with Crippen LogP contribution in [0.4, 0.5) is 13.2 Å². The second-order valence-electron chi connectivity index (χ2n) is 11.1. The van der Waals surface area contributed by atoms with Gasteiger partial charge in [-0.2, -0.15) is 0 Å². The third kappa shape index (κ3) is 5.16. The minimum Gasteiger partial charge on any atom is -0.478 e. The molecule has 0 saturated heterocycles. The Hall–Kier alpha value is -3.03. The summed E-state index contributed by atoms with van der Waals surface area (Å²) < 4.78 is 44.1. The van der Waals surface area contributed by atoms with E-state index >= 15 is 0 Å². The number of hydrogen-bond donors (Lipinski definition) is 1. The molecule has 8 heteroatoms. The number of alkyl halides is 3. The molecule has 1 N–H and O–H groups in total. The first-order valence-corrected chi connectivity index (χ1v) is 11.8. The molecule has 1 aromatic heterocycles. The average molecular weight is 489 g/mol. The molecule has 3 aromatic rings. The molecule has 5 nitrogen and oxygen atoms in total.